The van der Waals surface area contributed by atoms with E-state index in [0.717, 1.165) is 12.1 Å². The number of carbonyl (C=O) groups is 2. The van der Waals surface area contributed by atoms with Gasteiger partial charge in [0.05, 0.1) is 5.69 Å². The van der Waals surface area contributed by atoms with Crippen molar-refractivity contribution in [3.8, 4) is 22.8 Å². The van der Waals surface area contributed by atoms with E-state index in [1.807, 2.05) is 6.92 Å². The van der Waals surface area contributed by atoms with Crippen molar-refractivity contribution in [3.63, 3.8) is 0 Å². The van der Waals surface area contributed by atoms with E-state index >= 15 is 0 Å². The number of aromatic nitrogens is 1. The number of hydrogen-bond acceptors (Lipinski definition) is 7. The molecule has 1 aromatic carbocycles. The lowest BCUT2D eigenvalue weighted by atomic mass is 9.96. The lowest BCUT2D eigenvalue weighted by Gasteiger charge is -2.19. The van der Waals surface area contributed by atoms with E-state index in [1.54, 1.807) is 22.9 Å². The number of benzene rings is 1. The van der Waals surface area contributed by atoms with Crippen LogP contribution in [-0.2, 0) is 23.5 Å². The van der Waals surface area contributed by atoms with E-state index in [4.69, 9.17) is 4.74 Å². The number of unbranched alkanes of at least 4 members (excludes halogenated alkanes) is 1. The molecular weight excluding hydrogens is 505 g/mol. The van der Waals surface area contributed by atoms with E-state index in [1.165, 1.54) is 12.3 Å². The molecule has 0 atom stereocenters. The molecule has 1 aliphatic rings. The van der Waals surface area contributed by atoms with Gasteiger partial charge in [-0.25, -0.2) is 9.59 Å². The number of halogens is 3. The summed E-state index contributed by atoms with van der Waals surface area (Å²) in [5, 5.41) is 0. The summed E-state index contributed by atoms with van der Waals surface area (Å²) in [4.78, 5) is 31.6. The number of amides is 3. The Labute approximate surface area is 206 Å². The average Bonchev–Trinajstić information content (AvgIpc) is 3.10. The van der Waals surface area contributed by atoms with Crippen molar-refractivity contribution >= 4 is 22.6 Å². The Hall–Kier alpha value is -3.68. The maximum atomic E-state index is 13.1. The Morgan fingerprint density at radius 1 is 1.17 bits per heavy atom. The first kappa shape index (κ1) is 26.9. The van der Waals surface area contributed by atoms with Crippen molar-refractivity contribution in [2.45, 2.75) is 39.1 Å². The molecule has 0 bridgehead atoms. The Morgan fingerprint density at radius 2 is 1.89 bits per heavy atom. The highest BCUT2D eigenvalue weighted by molar-refractivity contribution is 7.62. The number of rotatable bonds is 8. The van der Waals surface area contributed by atoms with E-state index < -0.39 is 28.7 Å². The van der Waals surface area contributed by atoms with E-state index in [9.17, 15) is 31.2 Å². The van der Waals surface area contributed by atoms with Crippen molar-refractivity contribution in [2.75, 3.05) is 20.1 Å². The van der Waals surface area contributed by atoms with E-state index in [2.05, 4.69) is 14.1 Å². The van der Waals surface area contributed by atoms with Crippen LogP contribution in [-0.4, -0.2) is 61.8 Å². The second kappa shape index (κ2) is 11.4. The molecular formula is C22H23F3N4O6S. The van der Waals surface area contributed by atoms with Gasteiger partial charge in [0, 0.05) is 44.0 Å². The van der Waals surface area contributed by atoms with Crippen LogP contribution < -0.4 is 9.47 Å². The highest BCUT2D eigenvalue weighted by Crippen LogP contribution is 2.41. The highest BCUT2D eigenvalue weighted by atomic mass is 32.2. The van der Waals surface area contributed by atoms with Crippen LogP contribution in [0.4, 0.5) is 22.8 Å². The normalized spacial score (nSPS) is 13.6. The maximum Gasteiger partial charge on any atom is 0.573 e. The number of ether oxygens (including phenoxy) is 2. The zero-order chi connectivity index (χ0) is 26.5. The fourth-order valence-electron chi connectivity index (χ4n) is 3.71. The van der Waals surface area contributed by atoms with Gasteiger partial charge in [0.2, 0.25) is 0 Å². The zero-order valence-corrected chi connectivity index (χ0v) is 20.2. The van der Waals surface area contributed by atoms with Gasteiger partial charge in [0.25, 0.3) is 0 Å². The predicted molar refractivity (Wildman–Crippen MR) is 121 cm³/mol. The Morgan fingerprint density at radius 3 is 2.44 bits per heavy atom. The minimum Gasteiger partial charge on any atom is -0.407 e. The monoisotopic (exact) mass is 528 g/mol. The van der Waals surface area contributed by atoms with Crippen molar-refractivity contribution in [1.82, 2.24) is 14.8 Å². The lowest BCUT2D eigenvalue weighted by Crippen LogP contribution is -2.28. The first-order valence-corrected chi connectivity index (χ1v) is 11.9. The molecule has 1 aromatic heterocycles. The van der Waals surface area contributed by atoms with Gasteiger partial charge < -0.3 is 19.3 Å². The maximum absolute atomic E-state index is 13.1. The third-order valence-electron chi connectivity index (χ3n) is 5.34. The van der Waals surface area contributed by atoms with Gasteiger partial charge in [0.15, 0.2) is 0 Å². The van der Waals surface area contributed by atoms with Gasteiger partial charge in [-0.05, 0) is 36.6 Å². The molecule has 1 saturated heterocycles. The van der Waals surface area contributed by atoms with Crippen LogP contribution in [0.3, 0.4) is 0 Å². The molecule has 14 heteroatoms. The average molecular weight is 529 g/mol. The summed E-state index contributed by atoms with van der Waals surface area (Å²) in [6, 6.07) is 5.08. The Kier molecular flexibility index (Phi) is 8.50. The molecule has 10 nitrogen and oxygen atoms in total. The van der Waals surface area contributed by atoms with Gasteiger partial charge in [0.1, 0.15) is 11.5 Å². The summed E-state index contributed by atoms with van der Waals surface area (Å²) in [5.74, 6) is -0.724. The van der Waals surface area contributed by atoms with Crippen LogP contribution in [0.25, 0.3) is 11.3 Å². The van der Waals surface area contributed by atoms with Crippen molar-refractivity contribution in [3.05, 3.63) is 41.6 Å². The van der Waals surface area contributed by atoms with Crippen LogP contribution in [0, 0.1) is 0 Å². The fourth-order valence-corrected chi connectivity index (χ4v) is 3.86. The minimum atomic E-state index is -4.97. The number of hydrogen-bond donors (Lipinski definition) is 0. The molecule has 194 valence electrons. The quantitative estimate of drug-likeness (QED) is 0.498. The van der Waals surface area contributed by atoms with Crippen LogP contribution >= 0.6 is 0 Å². The molecule has 3 rings (SSSR count). The molecule has 1 aliphatic heterocycles. The third kappa shape index (κ3) is 6.93. The highest BCUT2D eigenvalue weighted by Gasteiger charge is 2.33. The van der Waals surface area contributed by atoms with Crippen molar-refractivity contribution in [1.29, 1.82) is 0 Å². The Bertz CT molecular complexity index is 1260. The lowest BCUT2D eigenvalue weighted by molar-refractivity contribution is -0.274. The van der Waals surface area contributed by atoms with Gasteiger partial charge in [-0.2, -0.15) is 8.42 Å². The molecule has 2 heterocycles. The largest absolute Gasteiger partial charge is 0.573 e. The molecule has 0 saturated carbocycles. The van der Waals surface area contributed by atoms with Crippen LogP contribution in [0.2, 0.25) is 0 Å². The summed E-state index contributed by atoms with van der Waals surface area (Å²) < 4.78 is 72.8. The molecule has 0 spiro atoms. The number of pyridine rings is 1. The molecule has 0 unspecified atom stereocenters. The van der Waals surface area contributed by atoms with E-state index in [0.29, 0.717) is 31.5 Å². The van der Waals surface area contributed by atoms with Gasteiger partial charge in [-0.15, -0.1) is 13.2 Å². The van der Waals surface area contributed by atoms with E-state index in [-0.39, 0.29) is 41.6 Å². The minimum absolute atomic E-state index is 0.0361. The molecule has 1 fully saturated rings. The second-order valence-corrected chi connectivity index (χ2v) is 8.54. The molecule has 36 heavy (non-hydrogen) atoms. The van der Waals surface area contributed by atoms with Crippen molar-refractivity contribution < 1.29 is 40.7 Å². The van der Waals surface area contributed by atoms with Gasteiger partial charge in [-0.3, -0.25) is 4.98 Å². The molecule has 3 amide bonds. The molecule has 0 N–H and O–H groups in total. The molecule has 0 radical (unpaired) electrons. The first-order chi connectivity index (χ1) is 17.0. The summed E-state index contributed by atoms with van der Waals surface area (Å²) in [5.41, 5.74) is 0.956. The summed E-state index contributed by atoms with van der Waals surface area (Å²) in [6.45, 7) is 3.26. The topological polar surface area (TPSA) is 118 Å². The molecule has 2 aromatic rings. The second-order valence-electron chi connectivity index (χ2n) is 7.92. The fraction of sp³-hybridized carbons (Fsp3) is 0.409. The van der Waals surface area contributed by atoms with Crippen molar-refractivity contribution in [2.24, 2.45) is 4.36 Å². The van der Waals surface area contributed by atoms with Crippen LogP contribution in [0.1, 0.15) is 30.9 Å². The number of likely N-dealkylation sites (N-methyl/N-ethyl adjacent to an activating group) is 1. The number of urea groups is 1. The predicted octanol–water partition coefficient (Wildman–Crippen LogP) is 4.42. The summed E-state index contributed by atoms with van der Waals surface area (Å²) >= 11 is 0. The number of alkyl halides is 3. The Balaban J connectivity index is 2.06. The standard InChI is InChI=1S/C22H23F3N4O6S/c1-3-4-5-15-17(35-22(23,24)25)8-9-18(34-20(30)27-36(32)33)19(15)16-7-6-14(12-26-16)13-29-11-10-28(2)21(29)31/h6-9,12H,3-5,10-11,13H2,1-2H3. The van der Waals surface area contributed by atoms with Crippen LogP contribution in [0.15, 0.2) is 34.8 Å². The number of carbonyl (C=O) groups excluding carboxylic acids is 2. The third-order valence-corrected chi connectivity index (χ3v) is 5.64. The smallest absolute Gasteiger partial charge is 0.407 e. The summed E-state index contributed by atoms with van der Waals surface area (Å²) in [6.07, 6.45) is -3.72. The van der Waals surface area contributed by atoms with Gasteiger partial charge in [-0.1, -0.05) is 23.8 Å². The first-order valence-electron chi connectivity index (χ1n) is 10.9. The number of nitrogens with zero attached hydrogens (tertiary/aromatic N) is 4. The SMILES string of the molecule is CCCCc1c(OC(F)(F)F)ccc(OC(=O)N=S(=O)=O)c1-c1ccc(CN2CCN(C)C2=O)cn1. The summed E-state index contributed by atoms with van der Waals surface area (Å²) in [7, 11) is -1.39. The zero-order valence-electron chi connectivity index (χ0n) is 19.4. The van der Waals surface area contributed by atoms with Crippen LogP contribution in [0.5, 0.6) is 11.5 Å². The molecule has 0 aliphatic carbocycles. The van der Waals surface area contributed by atoms with Gasteiger partial charge >= 0.3 is 29.0 Å².